The fraction of sp³-hybridized carbons (Fsp3) is 0.250. The molecule has 1 saturated heterocycles. The Morgan fingerprint density at radius 2 is 1.89 bits per heavy atom. The maximum absolute atomic E-state index is 12.7. The summed E-state index contributed by atoms with van der Waals surface area (Å²) in [6.07, 6.45) is 0.152. The van der Waals surface area contributed by atoms with E-state index in [1.165, 1.54) is 6.92 Å². The zero-order valence-corrected chi connectivity index (χ0v) is 16.7. The quantitative estimate of drug-likeness (QED) is 0.777. The normalized spacial score (nSPS) is 16.3. The van der Waals surface area contributed by atoms with Crippen molar-refractivity contribution in [1.82, 2.24) is 0 Å². The van der Waals surface area contributed by atoms with Crippen LogP contribution in [0.2, 0.25) is 0 Å². The molecule has 2 N–H and O–H groups in total. The number of aryl methyl sites for hydroxylation is 1. The first-order valence-electron chi connectivity index (χ1n) is 8.58. The maximum atomic E-state index is 12.7. The van der Waals surface area contributed by atoms with E-state index < -0.39 is 5.92 Å². The standard InChI is InChI=1S/C20H20BrN3O3/c1-12-6-7-17(22-13(2)25)18(8-12)23-20(27)14-9-19(26)24(11-14)16-5-3-4-15(21)10-16/h3-8,10,14H,9,11H2,1-2H3,(H,22,25)(H,23,27). The van der Waals surface area contributed by atoms with Crippen molar-refractivity contribution < 1.29 is 14.4 Å². The van der Waals surface area contributed by atoms with Crippen LogP contribution in [-0.4, -0.2) is 24.3 Å². The van der Waals surface area contributed by atoms with Crippen LogP contribution < -0.4 is 15.5 Å². The van der Waals surface area contributed by atoms with Crippen LogP contribution in [0.15, 0.2) is 46.9 Å². The van der Waals surface area contributed by atoms with Crippen LogP contribution >= 0.6 is 15.9 Å². The second-order valence-corrected chi connectivity index (χ2v) is 7.52. The number of rotatable bonds is 4. The summed E-state index contributed by atoms with van der Waals surface area (Å²) in [6.45, 7) is 3.64. The number of nitrogens with one attached hydrogen (secondary N) is 2. The molecular weight excluding hydrogens is 410 g/mol. The molecule has 0 spiro atoms. The largest absolute Gasteiger partial charge is 0.325 e. The van der Waals surface area contributed by atoms with Crippen LogP contribution in [0, 0.1) is 12.8 Å². The van der Waals surface area contributed by atoms with Gasteiger partial charge in [0.05, 0.1) is 17.3 Å². The summed E-state index contributed by atoms with van der Waals surface area (Å²) in [4.78, 5) is 38.1. The molecule has 1 atom stereocenters. The molecule has 2 aromatic rings. The molecule has 1 unspecified atom stereocenters. The predicted octanol–water partition coefficient (Wildman–Crippen LogP) is 3.71. The van der Waals surface area contributed by atoms with Crippen molar-refractivity contribution in [3.8, 4) is 0 Å². The van der Waals surface area contributed by atoms with E-state index in [1.807, 2.05) is 37.3 Å². The van der Waals surface area contributed by atoms with Gasteiger partial charge in [0.1, 0.15) is 0 Å². The smallest absolute Gasteiger partial charge is 0.229 e. The molecule has 27 heavy (non-hydrogen) atoms. The third kappa shape index (κ3) is 4.54. The minimum Gasteiger partial charge on any atom is -0.325 e. The minimum atomic E-state index is -0.456. The Morgan fingerprint density at radius 1 is 1.11 bits per heavy atom. The van der Waals surface area contributed by atoms with Crippen molar-refractivity contribution in [3.63, 3.8) is 0 Å². The number of halogens is 1. The molecule has 3 amide bonds. The third-order valence-corrected chi connectivity index (χ3v) is 4.85. The van der Waals surface area contributed by atoms with Gasteiger partial charge in [-0.2, -0.15) is 0 Å². The van der Waals surface area contributed by atoms with Gasteiger partial charge in [-0.25, -0.2) is 0 Å². The van der Waals surface area contributed by atoms with Gasteiger partial charge < -0.3 is 15.5 Å². The van der Waals surface area contributed by atoms with Gasteiger partial charge in [-0.05, 0) is 42.8 Å². The average molecular weight is 430 g/mol. The van der Waals surface area contributed by atoms with Crippen molar-refractivity contribution in [3.05, 3.63) is 52.5 Å². The summed E-state index contributed by atoms with van der Waals surface area (Å²) in [5, 5.41) is 5.57. The Morgan fingerprint density at radius 3 is 2.59 bits per heavy atom. The highest BCUT2D eigenvalue weighted by molar-refractivity contribution is 9.10. The third-order valence-electron chi connectivity index (χ3n) is 4.36. The van der Waals surface area contributed by atoms with E-state index in [2.05, 4.69) is 26.6 Å². The number of benzene rings is 2. The van der Waals surface area contributed by atoms with E-state index in [1.54, 1.807) is 17.0 Å². The zero-order valence-electron chi connectivity index (χ0n) is 15.1. The Balaban J connectivity index is 1.75. The van der Waals surface area contributed by atoms with Crippen molar-refractivity contribution in [2.45, 2.75) is 20.3 Å². The van der Waals surface area contributed by atoms with Gasteiger partial charge in [-0.15, -0.1) is 0 Å². The Hall–Kier alpha value is -2.67. The number of carbonyl (C=O) groups excluding carboxylic acids is 3. The fourth-order valence-corrected chi connectivity index (χ4v) is 3.46. The summed E-state index contributed by atoms with van der Waals surface area (Å²) in [7, 11) is 0. The lowest BCUT2D eigenvalue weighted by molar-refractivity contribution is -0.122. The molecule has 2 aromatic carbocycles. The van der Waals surface area contributed by atoms with Gasteiger partial charge in [0.25, 0.3) is 0 Å². The van der Waals surface area contributed by atoms with Crippen molar-refractivity contribution in [2.75, 3.05) is 22.1 Å². The molecule has 1 aliphatic heterocycles. The first-order valence-corrected chi connectivity index (χ1v) is 9.38. The lowest BCUT2D eigenvalue weighted by atomic mass is 10.1. The van der Waals surface area contributed by atoms with Gasteiger partial charge in [0.15, 0.2) is 0 Å². The number of nitrogens with zero attached hydrogens (tertiary/aromatic N) is 1. The van der Waals surface area contributed by atoms with E-state index >= 15 is 0 Å². The molecule has 6 nitrogen and oxygen atoms in total. The predicted molar refractivity (Wildman–Crippen MR) is 109 cm³/mol. The molecule has 0 saturated carbocycles. The summed E-state index contributed by atoms with van der Waals surface area (Å²) in [6, 6.07) is 12.8. The summed E-state index contributed by atoms with van der Waals surface area (Å²) in [5.41, 5.74) is 2.79. The number of amides is 3. The molecule has 1 aliphatic rings. The SMILES string of the molecule is CC(=O)Nc1ccc(C)cc1NC(=O)C1CC(=O)N(c2cccc(Br)c2)C1. The van der Waals surface area contributed by atoms with Gasteiger partial charge in [-0.1, -0.05) is 28.1 Å². The molecule has 0 radical (unpaired) electrons. The lowest BCUT2D eigenvalue weighted by Crippen LogP contribution is -2.28. The first kappa shape index (κ1) is 19.1. The molecule has 140 valence electrons. The van der Waals surface area contributed by atoms with E-state index in [0.29, 0.717) is 17.9 Å². The molecule has 1 heterocycles. The second-order valence-electron chi connectivity index (χ2n) is 6.60. The molecule has 0 aliphatic carbocycles. The van der Waals surface area contributed by atoms with Crippen LogP contribution in [0.4, 0.5) is 17.1 Å². The number of hydrogen-bond acceptors (Lipinski definition) is 3. The highest BCUT2D eigenvalue weighted by Crippen LogP contribution is 2.29. The van der Waals surface area contributed by atoms with E-state index in [4.69, 9.17) is 0 Å². The lowest BCUT2D eigenvalue weighted by Gasteiger charge is -2.18. The van der Waals surface area contributed by atoms with E-state index in [0.717, 1.165) is 15.7 Å². The van der Waals surface area contributed by atoms with E-state index in [9.17, 15) is 14.4 Å². The average Bonchev–Trinajstić information content (AvgIpc) is 2.99. The van der Waals surface area contributed by atoms with Crippen LogP contribution in [-0.2, 0) is 14.4 Å². The van der Waals surface area contributed by atoms with Crippen molar-refractivity contribution in [1.29, 1.82) is 0 Å². The molecule has 3 rings (SSSR count). The zero-order chi connectivity index (χ0) is 19.6. The van der Waals surface area contributed by atoms with Gasteiger partial charge in [0.2, 0.25) is 17.7 Å². The number of carbonyl (C=O) groups is 3. The van der Waals surface area contributed by atoms with Crippen LogP contribution in [0.5, 0.6) is 0 Å². The van der Waals surface area contributed by atoms with Crippen LogP contribution in [0.1, 0.15) is 18.9 Å². The minimum absolute atomic E-state index is 0.0837. The number of anilines is 3. The second kappa shape index (κ2) is 7.92. The maximum Gasteiger partial charge on any atom is 0.229 e. The molecule has 0 aromatic heterocycles. The van der Waals surface area contributed by atoms with Gasteiger partial charge in [-0.3, -0.25) is 14.4 Å². The molecule has 0 bridgehead atoms. The Kier molecular flexibility index (Phi) is 5.60. The molecule has 7 heteroatoms. The highest BCUT2D eigenvalue weighted by Gasteiger charge is 2.35. The summed E-state index contributed by atoms with van der Waals surface area (Å²) in [5.74, 6) is -0.994. The first-order chi connectivity index (χ1) is 12.8. The van der Waals surface area contributed by atoms with Crippen molar-refractivity contribution >= 4 is 50.7 Å². The fourth-order valence-electron chi connectivity index (χ4n) is 3.07. The highest BCUT2D eigenvalue weighted by atomic mass is 79.9. The summed E-state index contributed by atoms with van der Waals surface area (Å²) >= 11 is 3.40. The van der Waals surface area contributed by atoms with Gasteiger partial charge >= 0.3 is 0 Å². The Labute approximate surface area is 166 Å². The Bertz CT molecular complexity index is 913. The number of hydrogen-bond donors (Lipinski definition) is 2. The van der Waals surface area contributed by atoms with Crippen LogP contribution in [0.25, 0.3) is 0 Å². The van der Waals surface area contributed by atoms with E-state index in [-0.39, 0.29) is 24.1 Å². The van der Waals surface area contributed by atoms with Crippen LogP contribution in [0.3, 0.4) is 0 Å². The molecular formula is C20H20BrN3O3. The summed E-state index contributed by atoms with van der Waals surface area (Å²) < 4.78 is 0.875. The topological polar surface area (TPSA) is 78.5 Å². The monoisotopic (exact) mass is 429 g/mol. The molecule has 1 fully saturated rings. The van der Waals surface area contributed by atoms with Gasteiger partial charge in [0, 0.05) is 30.0 Å². The van der Waals surface area contributed by atoms with Crippen molar-refractivity contribution in [2.24, 2.45) is 5.92 Å².